The smallest absolute Gasteiger partial charge is 0.326 e. The number of hydrogen-bond acceptors (Lipinski definition) is 4. The summed E-state index contributed by atoms with van der Waals surface area (Å²) in [4.78, 5) is 22.9. The van der Waals surface area contributed by atoms with Crippen molar-refractivity contribution < 1.29 is 23.1 Å². The normalized spacial score (nSPS) is 22.7. The van der Waals surface area contributed by atoms with E-state index in [4.69, 9.17) is 5.11 Å². The molecule has 0 unspecified atom stereocenters. The lowest BCUT2D eigenvalue weighted by Gasteiger charge is -2.33. The van der Waals surface area contributed by atoms with Gasteiger partial charge in [-0.15, -0.1) is 0 Å². The summed E-state index contributed by atoms with van der Waals surface area (Å²) in [7, 11) is -3.46. The molecule has 1 fully saturated rings. The van der Waals surface area contributed by atoms with Gasteiger partial charge in [-0.25, -0.2) is 13.2 Å². The third kappa shape index (κ3) is 4.17. The number of sulfonamides is 1. The zero-order valence-corrected chi connectivity index (χ0v) is 11.9. The van der Waals surface area contributed by atoms with E-state index in [1.165, 1.54) is 0 Å². The predicted octanol–water partition coefficient (Wildman–Crippen LogP) is -0.220. The van der Waals surface area contributed by atoms with Crippen LogP contribution in [-0.4, -0.2) is 54.6 Å². The van der Waals surface area contributed by atoms with Crippen molar-refractivity contribution in [3.8, 4) is 0 Å². The monoisotopic (exact) mass is 292 g/mol. The first-order valence-electron chi connectivity index (χ1n) is 6.27. The molecule has 0 saturated carbocycles. The van der Waals surface area contributed by atoms with E-state index in [-0.39, 0.29) is 6.42 Å². The number of carboxylic acid groups (broad SMARTS) is 1. The first kappa shape index (κ1) is 15.9. The molecule has 1 aliphatic heterocycles. The summed E-state index contributed by atoms with van der Waals surface area (Å²) in [6.45, 7) is 1.95. The molecule has 0 bridgehead atoms. The molecule has 7 nitrogen and oxygen atoms in total. The van der Waals surface area contributed by atoms with E-state index < -0.39 is 34.0 Å². The quantitative estimate of drug-likeness (QED) is 0.729. The van der Waals surface area contributed by atoms with Crippen LogP contribution in [0.5, 0.6) is 0 Å². The molecular weight excluding hydrogens is 272 g/mol. The largest absolute Gasteiger partial charge is 0.480 e. The zero-order valence-electron chi connectivity index (χ0n) is 11.1. The predicted molar refractivity (Wildman–Crippen MR) is 69.0 cm³/mol. The van der Waals surface area contributed by atoms with E-state index in [9.17, 15) is 18.0 Å². The Kier molecular flexibility index (Phi) is 5.30. The van der Waals surface area contributed by atoms with Crippen LogP contribution in [0.2, 0.25) is 0 Å². The minimum atomic E-state index is -3.46. The van der Waals surface area contributed by atoms with Crippen LogP contribution in [0.4, 0.5) is 0 Å². The molecule has 110 valence electrons. The molecule has 2 N–H and O–H groups in total. The number of carbonyl (C=O) groups is 2. The molecule has 2 atom stereocenters. The fourth-order valence-corrected chi connectivity index (χ4v) is 3.29. The van der Waals surface area contributed by atoms with Gasteiger partial charge in [0, 0.05) is 6.54 Å². The molecule has 0 aromatic carbocycles. The zero-order chi connectivity index (χ0) is 14.6. The molecule has 1 heterocycles. The van der Waals surface area contributed by atoms with Gasteiger partial charge in [-0.05, 0) is 19.3 Å². The van der Waals surface area contributed by atoms with E-state index in [1.54, 1.807) is 6.92 Å². The second-order valence-electron chi connectivity index (χ2n) is 4.69. The van der Waals surface area contributed by atoms with Crippen molar-refractivity contribution in [2.24, 2.45) is 0 Å². The lowest BCUT2D eigenvalue weighted by Crippen LogP contribution is -2.54. The van der Waals surface area contributed by atoms with Crippen LogP contribution in [0.3, 0.4) is 0 Å². The maximum absolute atomic E-state index is 12.0. The van der Waals surface area contributed by atoms with E-state index in [0.717, 1.165) is 17.0 Å². The van der Waals surface area contributed by atoms with Gasteiger partial charge in [-0.2, -0.15) is 4.31 Å². The van der Waals surface area contributed by atoms with Gasteiger partial charge >= 0.3 is 5.97 Å². The summed E-state index contributed by atoms with van der Waals surface area (Å²) < 4.78 is 24.4. The fourth-order valence-electron chi connectivity index (χ4n) is 2.17. The molecule has 0 aliphatic carbocycles. The minimum absolute atomic E-state index is 0.257. The molecule has 1 aliphatic rings. The van der Waals surface area contributed by atoms with Gasteiger partial charge < -0.3 is 10.4 Å². The van der Waals surface area contributed by atoms with Gasteiger partial charge in [-0.3, -0.25) is 4.79 Å². The van der Waals surface area contributed by atoms with Crippen LogP contribution in [0.25, 0.3) is 0 Å². The van der Waals surface area contributed by atoms with E-state index in [2.05, 4.69) is 5.32 Å². The first-order valence-corrected chi connectivity index (χ1v) is 8.12. The van der Waals surface area contributed by atoms with Gasteiger partial charge in [-0.1, -0.05) is 13.3 Å². The standard InChI is InChI=1S/C11H20N2O5S/c1-3-8(11(15)16)12-10(14)9-6-4-5-7-13(9)19(2,17)18/h8-9H,3-7H2,1-2H3,(H,12,14)(H,15,16)/t8-,9+/m0/s1. The topological polar surface area (TPSA) is 104 Å². The Morgan fingerprint density at radius 2 is 2.05 bits per heavy atom. The number of amides is 1. The fraction of sp³-hybridized carbons (Fsp3) is 0.818. The summed E-state index contributed by atoms with van der Waals surface area (Å²) in [5.74, 6) is -1.64. The van der Waals surface area contributed by atoms with E-state index in [0.29, 0.717) is 19.4 Å². The Hall–Kier alpha value is -1.15. The third-order valence-electron chi connectivity index (χ3n) is 3.21. The lowest BCUT2D eigenvalue weighted by molar-refractivity contribution is -0.142. The van der Waals surface area contributed by atoms with Crippen molar-refractivity contribution in [3.63, 3.8) is 0 Å². The average Bonchev–Trinajstić information content (AvgIpc) is 2.34. The molecule has 0 aromatic rings. The Labute approximate surface area is 113 Å². The molecule has 1 amide bonds. The number of carboxylic acids is 1. The van der Waals surface area contributed by atoms with E-state index >= 15 is 0 Å². The maximum Gasteiger partial charge on any atom is 0.326 e. The minimum Gasteiger partial charge on any atom is -0.480 e. The van der Waals surface area contributed by atoms with Crippen LogP contribution < -0.4 is 5.32 Å². The van der Waals surface area contributed by atoms with Crippen molar-refractivity contribution in [2.75, 3.05) is 12.8 Å². The highest BCUT2D eigenvalue weighted by atomic mass is 32.2. The number of nitrogens with zero attached hydrogens (tertiary/aromatic N) is 1. The average molecular weight is 292 g/mol. The SMILES string of the molecule is CC[C@H](NC(=O)[C@H]1CCCCN1S(C)(=O)=O)C(=O)O. The van der Waals surface area contributed by atoms with Gasteiger partial charge in [0.25, 0.3) is 0 Å². The number of carbonyl (C=O) groups excluding carboxylic acids is 1. The molecule has 0 radical (unpaired) electrons. The first-order chi connectivity index (χ1) is 8.77. The third-order valence-corrected chi connectivity index (χ3v) is 4.49. The number of aliphatic carboxylic acids is 1. The van der Waals surface area contributed by atoms with Crippen molar-refractivity contribution in [2.45, 2.75) is 44.7 Å². The van der Waals surface area contributed by atoms with Crippen molar-refractivity contribution in [1.29, 1.82) is 0 Å². The summed E-state index contributed by atoms with van der Waals surface area (Å²) in [5, 5.41) is 11.3. The molecule has 0 aromatic heterocycles. The van der Waals surface area contributed by atoms with Crippen molar-refractivity contribution >= 4 is 21.9 Å². The highest BCUT2D eigenvalue weighted by Gasteiger charge is 2.35. The highest BCUT2D eigenvalue weighted by Crippen LogP contribution is 2.20. The van der Waals surface area contributed by atoms with Gasteiger partial charge in [0.1, 0.15) is 12.1 Å². The molecule has 1 saturated heterocycles. The number of nitrogens with one attached hydrogen (secondary N) is 1. The van der Waals surface area contributed by atoms with Crippen molar-refractivity contribution in [1.82, 2.24) is 9.62 Å². The molecule has 19 heavy (non-hydrogen) atoms. The van der Waals surface area contributed by atoms with Gasteiger partial charge in [0.15, 0.2) is 0 Å². The Balaban J connectivity index is 2.81. The molecule has 8 heteroatoms. The van der Waals surface area contributed by atoms with Crippen LogP contribution in [0.15, 0.2) is 0 Å². The second-order valence-corrected chi connectivity index (χ2v) is 6.63. The highest BCUT2D eigenvalue weighted by molar-refractivity contribution is 7.88. The summed E-state index contributed by atoms with van der Waals surface area (Å²) >= 11 is 0. The van der Waals surface area contributed by atoms with Crippen LogP contribution in [-0.2, 0) is 19.6 Å². The Morgan fingerprint density at radius 3 is 2.53 bits per heavy atom. The summed E-state index contributed by atoms with van der Waals surface area (Å²) in [6.07, 6.45) is 3.22. The van der Waals surface area contributed by atoms with Crippen molar-refractivity contribution in [3.05, 3.63) is 0 Å². The van der Waals surface area contributed by atoms with Crippen LogP contribution >= 0.6 is 0 Å². The number of piperidine rings is 1. The molecular formula is C11H20N2O5S. The molecule has 1 rings (SSSR count). The van der Waals surface area contributed by atoms with Crippen LogP contribution in [0.1, 0.15) is 32.6 Å². The Bertz CT molecular complexity index is 448. The summed E-state index contributed by atoms with van der Waals surface area (Å²) in [5.41, 5.74) is 0. The number of rotatable bonds is 5. The second kappa shape index (κ2) is 6.33. The van der Waals surface area contributed by atoms with E-state index in [1.807, 2.05) is 0 Å². The number of hydrogen-bond donors (Lipinski definition) is 2. The lowest BCUT2D eigenvalue weighted by atomic mass is 10.0. The Morgan fingerprint density at radius 1 is 1.42 bits per heavy atom. The summed E-state index contributed by atoms with van der Waals surface area (Å²) in [6, 6.07) is -1.77. The van der Waals surface area contributed by atoms with Gasteiger partial charge in [0.2, 0.25) is 15.9 Å². The molecule has 0 spiro atoms. The maximum atomic E-state index is 12.0. The van der Waals surface area contributed by atoms with Crippen LogP contribution in [0, 0.1) is 0 Å². The van der Waals surface area contributed by atoms with Gasteiger partial charge in [0.05, 0.1) is 6.26 Å².